The number of unbranched alkanes of at least 4 members (excludes halogenated alkanes) is 1. The van der Waals surface area contributed by atoms with E-state index in [0.717, 1.165) is 27.8 Å². The number of allylic oxidation sites excluding steroid dienone is 2. The number of Topliss-reactive ketones (excluding diaryl/α,β-unsaturated/α-hetero) is 2. The van der Waals surface area contributed by atoms with Crippen LogP contribution >= 0.6 is 0 Å². The van der Waals surface area contributed by atoms with Gasteiger partial charge in [0, 0.05) is 49.4 Å². The maximum Gasteiger partial charge on any atom is 0.410 e. The molecular weight excluding hydrogens is 1020 g/mol. The topological polar surface area (TPSA) is 289 Å². The molecule has 6 atom stereocenters. The van der Waals surface area contributed by atoms with Crippen LogP contribution in [0.2, 0.25) is 0 Å². The molecular formula is C58H64N8O13. The Morgan fingerprint density at radius 2 is 1.41 bits per heavy atom. The van der Waals surface area contributed by atoms with Crippen LogP contribution in [0, 0.1) is 5.92 Å². The van der Waals surface area contributed by atoms with E-state index in [0.29, 0.717) is 24.1 Å². The highest BCUT2D eigenvalue weighted by molar-refractivity contribution is 6.25. The van der Waals surface area contributed by atoms with Crippen LogP contribution < -0.4 is 32.7 Å². The summed E-state index contributed by atoms with van der Waals surface area (Å²) in [6.07, 6.45) is -2.13. The summed E-state index contributed by atoms with van der Waals surface area (Å²) >= 11 is 0. The lowest BCUT2D eigenvalue weighted by atomic mass is 9.82. The zero-order chi connectivity index (χ0) is 56.3. The number of rotatable bonds is 19. The highest BCUT2D eigenvalue weighted by Gasteiger charge is 2.78. The number of alkyl carbamates (subject to hydrolysis) is 2. The Labute approximate surface area is 456 Å². The van der Waals surface area contributed by atoms with Crippen LogP contribution in [0.5, 0.6) is 0 Å². The summed E-state index contributed by atoms with van der Waals surface area (Å²) in [6, 6.07) is 28.3. The van der Waals surface area contributed by atoms with Gasteiger partial charge in [0.2, 0.25) is 23.4 Å². The summed E-state index contributed by atoms with van der Waals surface area (Å²) in [5, 5.41) is 11.2. The van der Waals surface area contributed by atoms with Gasteiger partial charge in [0.15, 0.2) is 5.72 Å². The number of anilines is 1. The number of nitrogens with zero attached hydrogens (tertiary/aromatic N) is 2. The van der Waals surface area contributed by atoms with Crippen molar-refractivity contribution in [3.8, 4) is 11.1 Å². The number of nitrogens with one attached hydrogen (secondary N) is 4. The maximum absolute atomic E-state index is 14.2. The summed E-state index contributed by atoms with van der Waals surface area (Å²) in [6.45, 7) is 6.47. The number of carbonyl (C=O) groups excluding carboxylic acids is 8. The molecule has 2 saturated heterocycles. The van der Waals surface area contributed by atoms with Crippen LogP contribution in [0.25, 0.3) is 11.1 Å². The van der Waals surface area contributed by atoms with E-state index in [9.17, 15) is 38.4 Å². The summed E-state index contributed by atoms with van der Waals surface area (Å²) in [5.74, 6) is -3.37. The smallest absolute Gasteiger partial charge is 0.410 e. The minimum atomic E-state index is -1.48. The number of benzene rings is 4. The SMILES string of the molecule is COC12C(COC(N)=O)C3=C(C(=O)C(C)=C(N)C3=O)N1CC1C2N1C(=O)OCc1ccc(NC(=O)C(CCCCNC(=O)OCC2c3ccccc3-c3ccccc32)NC(=O)[C@H](Cc2ccccc2)NC(=O)OC(C)(C)C)cc1. The lowest BCUT2D eigenvalue weighted by molar-refractivity contribution is -0.144. The van der Waals surface area contributed by atoms with Gasteiger partial charge < -0.3 is 61.3 Å². The lowest BCUT2D eigenvalue weighted by Gasteiger charge is -2.40. The van der Waals surface area contributed by atoms with Crippen molar-refractivity contribution < 1.29 is 62.0 Å². The highest BCUT2D eigenvalue weighted by atomic mass is 16.6. The predicted molar refractivity (Wildman–Crippen MR) is 286 cm³/mol. The Hall–Kier alpha value is -8.72. The predicted octanol–water partition coefficient (Wildman–Crippen LogP) is 5.67. The molecule has 0 spiro atoms. The van der Waals surface area contributed by atoms with Crippen LogP contribution in [0.4, 0.5) is 24.9 Å². The number of primary amides is 1. The van der Waals surface area contributed by atoms with Gasteiger partial charge in [-0.3, -0.25) is 24.1 Å². The van der Waals surface area contributed by atoms with Crippen LogP contribution in [-0.4, -0.2) is 126 Å². The quantitative estimate of drug-likeness (QED) is 0.0286. The Bertz CT molecular complexity index is 3090. The van der Waals surface area contributed by atoms with E-state index in [-0.39, 0.29) is 67.6 Å². The molecule has 0 radical (unpaired) electrons. The molecule has 21 heteroatoms. The van der Waals surface area contributed by atoms with E-state index in [2.05, 4.69) is 33.4 Å². The molecule has 5 unspecified atom stereocenters. The number of amides is 6. The fourth-order valence-corrected chi connectivity index (χ4v) is 11.2. The Kier molecular flexibility index (Phi) is 15.8. The third-order valence-electron chi connectivity index (χ3n) is 14.9. The fourth-order valence-electron chi connectivity index (χ4n) is 11.2. The Morgan fingerprint density at radius 3 is 2.05 bits per heavy atom. The third-order valence-corrected chi connectivity index (χ3v) is 14.9. The van der Waals surface area contributed by atoms with Gasteiger partial charge in [0.25, 0.3) is 0 Å². The van der Waals surface area contributed by atoms with Gasteiger partial charge in [0.05, 0.1) is 23.4 Å². The molecule has 3 heterocycles. The first-order valence-electron chi connectivity index (χ1n) is 26.1. The van der Waals surface area contributed by atoms with E-state index in [1.165, 1.54) is 18.9 Å². The van der Waals surface area contributed by atoms with E-state index in [1.807, 2.05) is 66.7 Å². The Morgan fingerprint density at radius 1 is 0.747 bits per heavy atom. The standard InChI is InChI=1S/C58H64N8O13/c1-32-46(59)49(68)45-41(31-76-53(60)71)58(75-5)50-44(28-65(58)47(45)48(32)67)66(50)56(74)78-29-34-22-24-35(25-23-34)62-51(69)42(63-52(70)43(27-33-15-7-6-8-16-33)64-55(73)79-57(2,3)4)21-13-14-26-61-54(72)77-30-40-38-19-11-9-17-36(38)37-18-10-12-20-39(37)40/h6-12,15-20,22-25,40-44,50H,13-14,21,26-31,59H2,1-5H3,(H2,60,71)(H,61,72)(H,62,69)(H,63,70)(H,64,73)/t41?,42?,43-,44?,50?,58?,66?/m0/s1. The maximum atomic E-state index is 14.2. The van der Waals surface area contributed by atoms with Crippen molar-refractivity contribution in [3.05, 3.63) is 148 Å². The highest BCUT2D eigenvalue weighted by Crippen LogP contribution is 2.60. The first-order chi connectivity index (χ1) is 37.8. The molecule has 6 amide bonds. The molecule has 2 aliphatic carbocycles. The molecule has 4 aromatic carbocycles. The molecule has 8 N–H and O–H groups in total. The van der Waals surface area contributed by atoms with Gasteiger partial charge in [-0.25, -0.2) is 19.2 Å². The van der Waals surface area contributed by atoms with Gasteiger partial charge in [0.1, 0.15) is 43.5 Å². The van der Waals surface area contributed by atoms with Crippen LogP contribution in [-0.2, 0) is 55.9 Å². The van der Waals surface area contributed by atoms with Gasteiger partial charge in [-0.1, -0.05) is 91.0 Å². The number of piperazine rings is 1. The van der Waals surface area contributed by atoms with Crippen molar-refractivity contribution in [2.24, 2.45) is 17.4 Å². The molecule has 9 rings (SSSR count). The van der Waals surface area contributed by atoms with Crippen LogP contribution in [0.3, 0.4) is 0 Å². The van der Waals surface area contributed by atoms with Crippen molar-refractivity contribution in [2.75, 3.05) is 38.7 Å². The van der Waals surface area contributed by atoms with Crippen LogP contribution in [0.15, 0.2) is 126 Å². The van der Waals surface area contributed by atoms with Crippen molar-refractivity contribution in [2.45, 2.75) is 101 Å². The third kappa shape index (κ3) is 11.3. The summed E-state index contributed by atoms with van der Waals surface area (Å²) in [5.41, 5.74) is 15.1. The van der Waals surface area contributed by atoms with Crippen molar-refractivity contribution in [3.63, 3.8) is 0 Å². The number of hydrogen-bond donors (Lipinski definition) is 6. The minimum Gasteiger partial charge on any atom is -0.449 e. The van der Waals surface area contributed by atoms with Gasteiger partial charge in [-0.2, -0.15) is 0 Å². The molecule has 0 aromatic heterocycles. The number of ketones is 2. The lowest BCUT2D eigenvalue weighted by Crippen LogP contribution is -2.56. The average molecular weight is 1080 g/mol. The second-order valence-corrected chi connectivity index (χ2v) is 21.1. The minimum absolute atomic E-state index is 0.0267. The van der Waals surface area contributed by atoms with E-state index in [4.69, 9.17) is 35.2 Å². The molecule has 0 bridgehead atoms. The number of carbonyl (C=O) groups is 8. The summed E-state index contributed by atoms with van der Waals surface area (Å²) in [4.78, 5) is 110. The largest absolute Gasteiger partial charge is 0.449 e. The summed E-state index contributed by atoms with van der Waals surface area (Å²) in [7, 11) is 1.38. The molecule has 3 aliphatic heterocycles. The number of methoxy groups -OCH3 is 1. The molecule has 2 fully saturated rings. The van der Waals surface area contributed by atoms with E-state index >= 15 is 0 Å². The zero-order valence-electron chi connectivity index (χ0n) is 44.5. The number of hydrogen-bond acceptors (Lipinski definition) is 15. The van der Waals surface area contributed by atoms with Crippen molar-refractivity contribution in [1.29, 1.82) is 0 Å². The number of fused-ring (bicyclic) bond motifs is 7. The van der Waals surface area contributed by atoms with Crippen LogP contribution in [0.1, 0.15) is 75.1 Å². The first-order valence-corrected chi connectivity index (χ1v) is 26.1. The monoisotopic (exact) mass is 1080 g/mol. The fraction of sp³-hybridized carbons (Fsp3) is 0.379. The van der Waals surface area contributed by atoms with Gasteiger partial charge in [-0.05, 0) is 92.5 Å². The average Bonchev–Trinajstić information content (AvgIpc) is 1.96. The second-order valence-electron chi connectivity index (χ2n) is 21.1. The molecule has 414 valence electrons. The van der Waals surface area contributed by atoms with Gasteiger partial charge in [-0.15, -0.1) is 0 Å². The van der Waals surface area contributed by atoms with Crippen molar-refractivity contribution in [1.82, 2.24) is 25.8 Å². The summed E-state index contributed by atoms with van der Waals surface area (Å²) < 4.78 is 28.2. The molecule has 0 saturated carbocycles. The normalized spacial score (nSPS) is 20.4. The molecule has 5 aliphatic rings. The van der Waals surface area contributed by atoms with Crippen molar-refractivity contribution >= 4 is 53.4 Å². The van der Waals surface area contributed by atoms with Gasteiger partial charge >= 0.3 is 24.4 Å². The number of nitrogens with two attached hydrogens (primary N) is 2. The Balaban J connectivity index is 0.823. The van der Waals surface area contributed by atoms with E-state index < -0.39 is 95.8 Å². The molecule has 79 heavy (non-hydrogen) atoms. The second kappa shape index (κ2) is 22.7. The van der Waals surface area contributed by atoms with E-state index in [1.54, 1.807) is 49.9 Å². The number of ether oxygens (including phenoxy) is 5. The first kappa shape index (κ1) is 55.0. The molecule has 4 aromatic rings. The zero-order valence-corrected chi connectivity index (χ0v) is 44.5. The molecule has 21 nitrogen and oxygen atoms in total.